The number of amides is 1. The van der Waals surface area contributed by atoms with Crippen molar-refractivity contribution in [2.75, 3.05) is 5.73 Å². The van der Waals surface area contributed by atoms with Crippen LogP contribution in [0.25, 0.3) is 0 Å². The predicted octanol–water partition coefficient (Wildman–Crippen LogP) is 2.66. The van der Waals surface area contributed by atoms with E-state index in [9.17, 15) is 4.79 Å². The molecular formula is C15H20N4OS. The monoisotopic (exact) mass is 304 g/mol. The van der Waals surface area contributed by atoms with Crippen LogP contribution in [0.15, 0.2) is 17.5 Å². The fraction of sp³-hybridized carbons (Fsp3) is 0.467. The number of hydrogen-bond acceptors (Lipinski definition) is 4. The zero-order valence-corrected chi connectivity index (χ0v) is 13.2. The molecule has 5 nitrogen and oxygen atoms in total. The zero-order chi connectivity index (χ0) is 15.0. The number of nitrogens with zero attached hydrogens (tertiary/aromatic N) is 3. The fourth-order valence-electron chi connectivity index (χ4n) is 2.51. The van der Waals surface area contributed by atoms with Crippen LogP contribution in [0.4, 0.5) is 5.69 Å². The van der Waals surface area contributed by atoms with Gasteiger partial charge in [-0.05, 0) is 38.1 Å². The first-order valence-electron chi connectivity index (χ1n) is 7.28. The number of aryl methyl sites for hydroxylation is 2. The Hall–Kier alpha value is -1.82. The van der Waals surface area contributed by atoms with E-state index in [1.807, 2.05) is 30.2 Å². The lowest BCUT2D eigenvalue weighted by atomic mass is 10.2. The van der Waals surface area contributed by atoms with E-state index in [0.717, 1.165) is 18.5 Å². The molecule has 1 aliphatic carbocycles. The summed E-state index contributed by atoms with van der Waals surface area (Å²) in [6.07, 6.45) is 2.16. The van der Waals surface area contributed by atoms with Crippen molar-refractivity contribution in [2.45, 2.75) is 45.8 Å². The average Bonchev–Trinajstić information content (AvgIpc) is 3.10. The summed E-state index contributed by atoms with van der Waals surface area (Å²) in [5.74, 6) is 0.00542. The Labute approximate surface area is 128 Å². The number of carbonyl (C=O) groups is 1. The van der Waals surface area contributed by atoms with E-state index < -0.39 is 0 Å². The van der Waals surface area contributed by atoms with Gasteiger partial charge in [-0.1, -0.05) is 6.07 Å². The molecule has 6 heteroatoms. The van der Waals surface area contributed by atoms with Crippen LogP contribution in [-0.2, 0) is 13.1 Å². The molecule has 1 fully saturated rings. The first kappa shape index (κ1) is 14.1. The van der Waals surface area contributed by atoms with Crippen LogP contribution < -0.4 is 5.73 Å². The van der Waals surface area contributed by atoms with Gasteiger partial charge in [0, 0.05) is 17.5 Å². The average molecular weight is 304 g/mol. The van der Waals surface area contributed by atoms with Gasteiger partial charge in [0.15, 0.2) is 0 Å². The molecular weight excluding hydrogens is 284 g/mol. The Balaban J connectivity index is 1.91. The smallest absolute Gasteiger partial charge is 0.274 e. The molecule has 1 saturated carbocycles. The van der Waals surface area contributed by atoms with Crippen LogP contribution in [0.5, 0.6) is 0 Å². The number of hydrogen-bond donors (Lipinski definition) is 1. The molecule has 21 heavy (non-hydrogen) atoms. The molecule has 1 aliphatic rings. The summed E-state index contributed by atoms with van der Waals surface area (Å²) < 4.78 is 1.72. The molecule has 0 bridgehead atoms. The standard InChI is InChI=1S/C15H20N4OS/c1-3-19-14(13(16)10(2)17-19)15(20)18(11-6-7-11)9-12-5-4-8-21-12/h4-5,8,11H,3,6-7,9,16H2,1-2H3. The molecule has 112 valence electrons. The number of nitrogens with two attached hydrogens (primary N) is 1. The minimum absolute atomic E-state index is 0.00542. The van der Waals surface area contributed by atoms with Gasteiger partial charge in [0.1, 0.15) is 5.69 Å². The van der Waals surface area contributed by atoms with Gasteiger partial charge in [-0.15, -0.1) is 11.3 Å². The summed E-state index contributed by atoms with van der Waals surface area (Å²) >= 11 is 1.68. The molecule has 0 atom stereocenters. The van der Waals surface area contributed by atoms with Crippen molar-refractivity contribution >= 4 is 22.9 Å². The number of thiophene rings is 1. The van der Waals surface area contributed by atoms with Crippen LogP contribution >= 0.6 is 11.3 Å². The fourth-order valence-corrected chi connectivity index (χ4v) is 3.21. The van der Waals surface area contributed by atoms with Crippen LogP contribution in [-0.4, -0.2) is 26.6 Å². The molecule has 3 rings (SSSR count). The second-order valence-corrected chi connectivity index (χ2v) is 6.44. The van der Waals surface area contributed by atoms with Crippen molar-refractivity contribution in [1.82, 2.24) is 14.7 Å². The number of aromatic nitrogens is 2. The second kappa shape index (κ2) is 5.52. The minimum atomic E-state index is 0.00542. The Bertz CT molecular complexity index is 643. The lowest BCUT2D eigenvalue weighted by Gasteiger charge is -2.22. The summed E-state index contributed by atoms with van der Waals surface area (Å²) in [4.78, 5) is 16.1. The van der Waals surface area contributed by atoms with Crippen molar-refractivity contribution in [3.63, 3.8) is 0 Å². The van der Waals surface area contributed by atoms with E-state index in [2.05, 4.69) is 11.2 Å². The molecule has 2 N–H and O–H groups in total. The Morgan fingerprint density at radius 1 is 1.57 bits per heavy atom. The molecule has 0 spiro atoms. The van der Waals surface area contributed by atoms with Crippen molar-refractivity contribution in [3.05, 3.63) is 33.8 Å². The highest BCUT2D eigenvalue weighted by Crippen LogP contribution is 2.32. The molecule has 0 aromatic carbocycles. The number of carbonyl (C=O) groups excluding carboxylic acids is 1. The second-order valence-electron chi connectivity index (χ2n) is 5.41. The van der Waals surface area contributed by atoms with Gasteiger partial charge in [0.25, 0.3) is 5.91 Å². The van der Waals surface area contributed by atoms with Crippen LogP contribution in [0.1, 0.15) is 40.8 Å². The summed E-state index contributed by atoms with van der Waals surface area (Å²) in [6, 6.07) is 4.43. The SMILES string of the molecule is CCn1nc(C)c(N)c1C(=O)N(Cc1cccs1)C1CC1. The van der Waals surface area contributed by atoms with Crippen LogP contribution in [0.3, 0.4) is 0 Å². The van der Waals surface area contributed by atoms with E-state index in [0.29, 0.717) is 30.5 Å². The Morgan fingerprint density at radius 3 is 2.90 bits per heavy atom. The van der Waals surface area contributed by atoms with E-state index in [1.165, 1.54) is 4.88 Å². The third kappa shape index (κ3) is 2.68. The van der Waals surface area contributed by atoms with Crippen LogP contribution in [0, 0.1) is 6.92 Å². The molecule has 0 unspecified atom stereocenters. The Kier molecular flexibility index (Phi) is 3.71. The van der Waals surface area contributed by atoms with Crippen molar-refractivity contribution in [2.24, 2.45) is 0 Å². The van der Waals surface area contributed by atoms with Gasteiger partial charge in [-0.3, -0.25) is 9.48 Å². The van der Waals surface area contributed by atoms with Gasteiger partial charge in [0.2, 0.25) is 0 Å². The predicted molar refractivity (Wildman–Crippen MR) is 84.3 cm³/mol. The maximum atomic E-state index is 13.0. The summed E-state index contributed by atoms with van der Waals surface area (Å²) in [5, 5.41) is 6.40. The van der Waals surface area contributed by atoms with E-state index >= 15 is 0 Å². The molecule has 0 aliphatic heterocycles. The third-order valence-electron chi connectivity index (χ3n) is 3.83. The van der Waals surface area contributed by atoms with Crippen molar-refractivity contribution in [3.8, 4) is 0 Å². The molecule has 0 radical (unpaired) electrons. The Morgan fingerprint density at radius 2 is 2.33 bits per heavy atom. The summed E-state index contributed by atoms with van der Waals surface area (Å²) in [7, 11) is 0. The van der Waals surface area contributed by atoms with Crippen molar-refractivity contribution in [1.29, 1.82) is 0 Å². The largest absolute Gasteiger partial charge is 0.395 e. The molecule has 2 aromatic heterocycles. The topological polar surface area (TPSA) is 64.2 Å². The summed E-state index contributed by atoms with van der Waals surface area (Å²) in [6.45, 7) is 5.13. The minimum Gasteiger partial charge on any atom is -0.395 e. The number of rotatable bonds is 5. The normalized spacial score (nSPS) is 14.4. The van der Waals surface area contributed by atoms with Gasteiger partial charge in [-0.2, -0.15) is 5.10 Å². The highest BCUT2D eigenvalue weighted by atomic mass is 32.1. The van der Waals surface area contributed by atoms with Crippen molar-refractivity contribution < 1.29 is 4.79 Å². The quantitative estimate of drug-likeness (QED) is 0.923. The van der Waals surface area contributed by atoms with E-state index in [1.54, 1.807) is 16.0 Å². The highest BCUT2D eigenvalue weighted by molar-refractivity contribution is 7.09. The first-order chi connectivity index (χ1) is 10.1. The lowest BCUT2D eigenvalue weighted by molar-refractivity contribution is 0.0720. The van der Waals surface area contributed by atoms with Gasteiger partial charge in [0.05, 0.1) is 17.9 Å². The zero-order valence-electron chi connectivity index (χ0n) is 12.4. The van der Waals surface area contributed by atoms with Gasteiger partial charge in [-0.25, -0.2) is 0 Å². The molecule has 2 aromatic rings. The van der Waals surface area contributed by atoms with Gasteiger partial charge >= 0.3 is 0 Å². The first-order valence-corrected chi connectivity index (χ1v) is 8.16. The molecule has 0 saturated heterocycles. The third-order valence-corrected chi connectivity index (χ3v) is 4.69. The molecule has 2 heterocycles. The van der Waals surface area contributed by atoms with Crippen LogP contribution in [0.2, 0.25) is 0 Å². The highest BCUT2D eigenvalue weighted by Gasteiger charge is 2.35. The molecule has 1 amide bonds. The maximum absolute atomic E-state index is 13.0. The number of nitrogen functional groups attached to an aromatic ring is 1. The summed E-state index contributed by atoms with van der Waals surface area (Å²) in [5.41, 5.74) is 7.87. The number of anilines is 1. The van der Waals surface area contributed by atoms with Gasteiger partial charge < -0.3 is 10.6 Å². The lowest BCUT2D eigenvalue weighted by Crippen LogP contribution is -2.34. The maximum Gasteiger partial charge on any atom is 0.274 e. The van der Waals surface area contributed by atoms with E-state index in [4.69, 9.17) is 5.73 Å². The van der Waals surface area contributed by atoms with E-state index in [-0.39, 0.29) is 5.91 Å².